The van der Waals surface area contributed by atoms with E-state index in [1.54, 1.807) is 36.5 Å². The number of hydrogen-bond acceptors (Lipinski definition) is 5. The Bertz CT molecular complexity index is 913. The molecular formula is C22H28Cl2N4O3. The van der Waals surface area contributed by atoms with Gasteiger partial charge in [0.1, 0.15) is 5.75 Å². The second-order valence-electron chi connectivity index (χ2n) is 7.79. The number of nitrogens with one attached hydrogen (secondary N) is 3. The zero-order chi connectivity index (χ0) is 20.3. The second-order valence-corrected chi connectivity index (χ2v) is 7.79. The van der Waals surface area contributed by atoms with Crippen molar-refractivity contribution in [2.45, 2.75) is 25.7 Å². The van der Waals surface area contributed by atoms with Gasteiger partial charge in [-0.3, -0.25) is 14.6 Å². The first-order valence-corrected chi connectivity index (χ1v) is 10.0. The molecular weight excluding hydrogens is 439 g/mol. The molecule has 2 aliphatic rings. The highest BCUT2D eigenvalue weighted by Crippen LogP contribution is 2.44. The third-order valence-corrected chi connectivity index (χ3v) is 6.12. The first-order valence-electron chi connectivity index (χ1n) is 10.0. The summed E-state index contributed by atoms with van der Waals surface area (Å²) in [7, 11) is 1.54. The van der Waals surface area contributed by atoms with E-state index in [1.165, 1.54) is 19.7 Å². The number of carbonyl (C=O) groups is 2. The van der Waals surface area contributed by atoms with Gasteiger partial charge in [0.05, 0.1) is 23.8 Å². The summed E-state index contributed by atoms with van der Waals surface area (Å²) in [6.07, 6.45) is 7.43. The molecule has 2 aromatic rings. The highest BCUT2D eigenvalue weighted by atomic mass is 35.5. The summed E-state index contributed by atoms with van der Waals surface area (Å²) in [4.78, 5) is 29.5. The zero-order valence-corrected chi connectivity index (χ0v) is 19.0. The third kappa shape index (κ3) is 5.11. The van der Waals surface area contributed by atoms with Crippen LogP contribution in [0.15, 0.2) is 42.7 Å². The number of fused-ring (bicyclic) bond motifs is 1. The van der Waals surface area contributed by atoms with E-state index in [9.17, 15) is 9.59 Å². The number of halogens is 2. The fraction of sp³-hybridized carbons (Fsp3) is 0.409. The van der Waals surface area contributed by atoms with Crippen LogP contribution in [0.2, 0.25) is 0 Å². The molecule has 0 bridgehead atoms. The molecule has 31 heavy (non-hydrogen) atoms. The molecule has 0 spiro atoms. The lowest BCUT2D eigenvalue weighted by molar-refractivity contribution is -0.128. The molecule has 2 fully saturated rings. The number of rotatable bonds is 5. The molecule has 7 nitrogen and oxygen atoms in total. The van der Waals surface area contributed by atoms with Gasteiger partial charge in [-0.2, -0.15) is 0 Å². The lowest BCUT2D eigenvalue weighted by atomic mass is 9.67. The normalized spacial score (nSPS) is 21.6. The topological polar surface area (TPSA) is 92.4 Å². The van der Waals surface area contributed by atoms with Crippen molar-refractivity contribution in [3.8, 4) is 5.75 Å². The molecule has 168 valence electrons. The largest absolute Gasteiger partial charge is 0.494 e. The average Bonchev–Trinajstić information content (AvgIpc) is 3.21. The molecule has 1 aromatic heterocycles. The van der Waals surface area contributed by atoms with Crippen molar-refractivity contribution in [1.82, 2.24) is 10.3 Å². The van der Waals surface area contributed by atoms with E-state index in [4.69, 9.17) is 4.74 Å². The van der Waals surface area contributed by atoms with Gasteiger partial charge >= 0.3 is 0 Å². The number of carbonyl (C=O) groups excluding carboxylic acids is 2. The molecule has 1 aliphatic carbocycles. The molecule has 1 saturated carbocycles. The summed E-state index contributed by atoms with van der Waals surface area (Å²) < 4.78 is 5.44. The zero-order valence-electron chi connectivity index (χ0n) is 17.3. The Morgan fingerprint density at radius 1 is 1.19 bits per heavy atom. The number of anilines is 2. The minimum atomic E-state index is -0.321. The van der Waals surface area contributed by atoms with Crippen LogP contribution in [0.5, 0.6) is 5.75 Å². The van der Waals surface area contributed by atoms with Crippen molar-refractivity contribution < 1.29 is 14.3 Å². The Morgan fingerprint density at radius 3 is 2.77 bits per heavy atom. The summed E-state index contributed by atoms with van der Waals surface area (Å²) in [5, 5.41) is 9.31. The number of hydrogen-bond donors (Lipinski definition) is 3. The quantitative estimate of drug-likeness (QED) is 0.621. The van der Waals surface area contributed by atoms with Gasteiger partial charge in [-0.05, 0) is 49.6 Å². The highest BCUT2D eigenvalue weighted by molar-refractivity contribution is 6.05. The van der Waals surface area contributed by atoms with Crippen LogP contribution in [-0.2, 0) is 4.79 Å². The molecule has 1 aromatic carbocycles. The van der Waals surface area contributed by atoms with Gasteiger partial charge in [-0.15, -0.1) is 24.8 Å². The number of amides is 2. The van der Waals surface area contributed by atoms with Gasteiger partial charge < -0.3 is 20.7 Å². The number of ether oxygens (including phenoxy) is 1. The van der Waals surface area contributed by atoms with Gasteiger partial charge in [0, 0.05) is 30.7 Å². The van der Waals surface area contributed by atoms with Gasteiger partial charge in [0.15, 0.2) is 0 Å². The fourth-order valence-electron chi connectivity index (χ4n) is 4.51. The maximum Gasteiger partial charge on any atom is 0.257 e. The lowest BCUT2D eigenvalue weighted by Gasteiger charge is -2.37. The van der Waals surface area contributed by atoms with Crippen LogP contribution in [0, 0.1) is 11.3 Å². The van der Waals surface area contributed by atoms with Crippen molar-refractivity contribution in [3.63, 3.8) is 0 Å². The molecule has 0 radical (unpaired) electrons. The minimum Gasteiger partial charge on any atom is -0.494 e. The van der Waals surface area contributed by atoms with E-state index in [1.807, 2.05) is 0 Å². The minimum absolute atomic E-state index is 0. The number of aromatic nitrogens is 1. The maximum absolute atomic E-state index is 13.1. The molecule has 9 heteroatoms. The Balaban J connectivity index is 0.00000171. The SMILES string of the molecule is COc1cc(NC(=O)[C@@]23CCCC[C@H]2CNC3)ccc1NC(=O)c1cccnc1.Cl.Cl. The van der Waals surface area contributed by atoms with E-state index in [2.05, 4.69) is 20.9 Å². The standard InChI is InChI=1S/C22H26N4O3.2ClH/c1-29-19-11-17(7-8-18(19)26-20(27)15-5-4-10-23-12-15)25-21(28)22-9-3-2-6-16(22)13-24-14-22;;/h4-5,7-8,10-12,16,24H,2-3,6,9,13-14H2,1H3,(H,25,28)(H,26,27);2*1H/t16-,22+;;/m0../s1. The number of pyridine rings is 1. The van der Waals surface area contributed by atoms with E-state index < -0.39 is 0 Å². The van der Waals surface area contributed by atoms with Crippen LogP contribution >= 0.6 is 24.8 Å². The van der Waals surface area contributed by atoms with Gasteiger partial charge in [-0.25, -0.2) is 0 Å². The lowest BCUT2D eigenvalue weighted by Crippen LogP contribution is -2.44. The molecule has 0 unspecified atom stereocenters. The fourth-order valence-corrected chi connectivity index (χ4v) is 4.51. The Morgan fingerprint density at radius 2 is 2.03 bits per heavy atom. The molecule has 2 atom stereocenters. The molecule has 1 saturated heterocycles. The van der Waals surface area contributed by atoms with Crippen molar-refractivity contribution in [2.24, 2.45) is 11.3 Å². The van der Waals surface area contributed by atoms with E-state index >= 15 is 0 Å². The van der Waals surface area contributed by atoms with E-state index in [0.717, 1.165) is 32.4 Å². The summed E-state index contributed by atoms with van der Waals surface area (Å²) in [6.45, 7) is 1.65. The third-order valence-electron chi connectivity index (χ3n) is 6.12. The molecule has 3 N–H and O–H groups in total. The molecule has 2 heterocycles. The van der Waals surface area contributed by atoms with Gasteiger partial charge in [-0.1, -0.05) is 12.8 Å². The first-order chi connectivity index (χ1) is 14.1. The summed E-state index contributed by atoms with van der Waals surface area (Å²) in [6, 6.07) is 8.68. The smallest absolute Gasteiger partial charge is 0.257 e. The first kappa shape index (κ1) is 24.9. The monoisotopic (exact) mass is 466 g/mol. The Hall–Kier alpha value is -2.35. The predicted octanol–water partition coefficient (Wildman–Crippen LogP) is 3.90. The van der Waals surface area contributed by atoms with Gasteiger partial charge in [0.2, 0.25) is 5.91 Å². The Kier molecular flexibility index (Phi) is 8.68. The molecule has 2 amide bonds. The van der Waals surface area contributed by atoms with Crippen molar-refractivity contribution in [3.05, 3.63) is 48.3 Å². The van der Waals surface area contributed by atoms with Crippen LogP contribution in [0.25, 0.3) is 0 Å². The van der Waals surface area contributed by atoms with Crippen molar-refractivity contribution in [2.75, 3.05) is 30.8 Å². The second kappa shape index (κ2) is 10.8. The van der Waals surface area contributed by atoms with Gasteiger partial charge in [0.25, 0.3) is 5.91 Å². The van der Waals surface area contributed by atoms with Crippen molar-refractivity contribution in [1.29, 1.82) is 0 Å². The Labute approximate surface area is 194 Å². The summed E-state index contributed by atoms with van der Waals surface area (Å²) in [5.74, 6) is 0.689. The predicted molar refractivity (Wildman–Crippen MR) is 126 cm³/mol. The van der Waals surface area contributed by atoms with Crippen molar-refractivity contribution >= 4 is 48.0 Å². The number of methoxy groups -OCH3 is 1. The summed E-state index contributed by atoms with van der Waals surface area (Å²) >= 11 is 0. The van der Waals surface area contributed by atoms with Crippen LogP contribution in [0.4, 0.5) is 11.4 Å². The van der Waals surface area contributed by atoms with E-state index in [-0.39, 0.29) is 42.0 Å². The maximum atomic E-state index is 13.1. The molecule has 4 rings (SSSR count). The number of nitrogens with zero attached hydrogens (tertiary/aromatic N) is 1. The van der Waals surface area contributed by atoms with Crippen LogP contribution < -0.4 is 20.7 Å². The van der Waals surface area contributed by atoms with Crippen LogP contribution in [-0.4, -0.2) is 37.0 Å². The molecule has 1 aliphatic heterocycles. The van der Waals surface area contributed by atoms with Crippen LogP contribution in [0.1, 0.15) is 36.0 Å². The van der Waals surface area contributed by atoms with Crippen LogP contribution in [0.3, 0.4) is 0 Å². The summed E-state index contributed by atoms with van der Waals surface area (Å²) in [5.41, 5.74) is 1.34. The average molecular weight is 467 g/mol. The highest BCUT2D eigenvalue weighted by Gasteiger charge is 2.49. The van der Waals surface area contributed by atoms with E-state index in [0.29, 0.717) is 28.6 Å². The number of benzene rings is 1.